The second-order valence-electron chi connectivity index (χ2n) is 6.59. The molecule has 0 aliphatic carbocycles. The predicted octanol–water partition coefficient (Wildman–Crippen LogP) is 3.74. The molecule has 2 aliphatic heterocycles. The molecule has 1 saturated heterocycles. The lowest BCUT2D eigenvalue weighted by molar-refractivity contribution is 0.118. The van der Waals surface area contributed by atoms with Crippen molar-refractivity contribution >= 4 is 27.5 Å². The van der Waals surface area contributed by atoms with Crippen LogP contribution in [0.1, 0.15) is 32.3 Å². The SMILES string of the molecule is CC1=C2[C@@H](CC/C(C)=C/c3ccc(O)cc3Cl)OC[C@@H]2S(=O)(=O)C1. The van der Waals surface area contributed by atoms with E-state index in [0.717, 1.165) is 35.1 Å². The Balaban J connectivity index is 1.68. The third-order valence-corrected chi connectivity index (χ3v) is 7.09. The Labute approximate surface area is 147 Å². The van der Waals surface area contributed by atoms with Crippen LogP contribution in [0, 0.1) is 0 Å². The molecule has 4 nitrogen and oxygen atoms in total. The molecule has 0 radical (unpaired) electrons. The molecule has 1 aromatic carbocycles. The summed E-state index contributed by atoms with van der Waals surface area (Å²) in [5.41, 5.74) is 3.92. The molecule has 2 aliphatic rings. The number of hydrogen-bond donors (Lipinski definition) is 1. The summed E-state index contributed by atoms with van der Waals surface area (Å²) >= 11 is 6.12. The predicted molar refractivity (Wildman–Crippen MR) is 96.0 cm³/mol. The van der Waals surface area contributed by atoms with E-state index in [0.29, 0.717) is 5.02 Å². The van der Waals surface area contributed by atoms with Gasteiger partial charge in [0, 0.05) is 0 Å². The minimum Gasteiger partial charge on any atom is -0.508 e. The third-order valence-electron chi connectivity index (χ3n) is 4.67. The molecule has 0 bridgehead atoms. The van der Waals surface area contributed by atoms with Gasteiger partial charge < -0.3 is 9.84 Å². The molecule has 2 atom stereocenters. The van der Waals surface area contributed by atoms with Crippen LogP contribution in [0.15, 0.2) is 34.9 Å². The zero-order valence-electron chi connectivity index (χ0n) is 13.8. The Bertz CT molecular complexity index is 823. The lowest BCUT2D eigenvalue weighted by Gasteiger charge is -2.13. The van der Waals surface area contributed by atoms with Crippen molar-refractivity contribution in [2.24, 2.45) is 0 Å². The van der Waals surface area contributed by atoms with E-state index >= 15 is 0 Å². The molecule has 0 unspecified atom stereocenters. The molecule has 0 saturated carbocycles. The molecule has 1 fully saturated rings. The largest absolute Gasteiger partial charge is 0.508 e. The fourth-order valence-electron chi connectivity index (χ4n) is 3.49. The number of phenols is 1. The van der Waals surface area contributed by atoms with E-state index in [2.05, 4.69) is 0 Å². The van der Waals surface area contributed by atoms with Gasteiger partial charge in [-0.05, 0) is 56.0 Å². The highest BCUT2D eigenvalue weighted by atomic mass is 35.5. The number of aromatic hydroxyl groups is 1. The molecule has 3 rings (SSSR count). The van der Waals surface area contributed by atoms with Crippen molar-refractivity contribution in [3.05, 3.63) is 45.5 Å². The van der Waals surface area contributed by atoms with E-state index in [9.17, 15) is 13.5 Å². The number of phenolic OH excluding ortho intramolecular Hbond substituents is 1. The molecular weight excluding hydrogens is 348 g/mol. The fraction of sp³-hybridized carbons (Fsp3) is 0.444. The average Bonchev–Trinajstić information content (AvgIpc) is 3.01. The normalized spacial score (nSPS) is 26.0. The van der Waals surface area contributed by atoms with Crippen LogP contribution < -0.4 is 0 Å². The minimum absolute atomic E-state index is 0.106. The highest BCUT2D eigenvalue weighted by molar-refractivity contribution is 7.92. The molecular formula is C18H21ClO4S. The monoisotopic (exact) mass is 368 g/mol. The molecule has 130 valence electrons. The second kappa shape index (κ2) is 6.54. The van der Waals surface area contributed by atoms with Gasteiger partial charge in [-0.2, -0.15) is 0 Å². The smallest absolute Gasteiger partial charge is 0.163 e. The van der Waals surface area contributed by atoms with Crippen molar-refractivity contribution in [3.8, 4) is 5.75 Å². The number of fused-ring (bicyclic) bond motifs is 1. The van der Waals surface area contributed by atoms with Gasteiger partial charge in [0.05, 0.1) is 23.5 Å². The van der Waals surface area contributed by atoms with Crippen molar-refractivity contribution < 1.29 is 18.3 Å². The first-order valence-corrected chi connectivity index (χ1v) is 10.1. The molecule has 1 aromatic rings. The van der Waals surface area contributed by atoms with Gasteiger partial charge in [0.1, 0.15) is 11.0 Å². The Morgan fingerprint density at radius 1 is 1.46 bits per heavy atom. The zero-order chi connectivity index (χ0) is 17.5. The van der Waals surface area contributed by atoms with Gasteiger partial charge in [0.2, 0.25) is 0 Å². The van der Waals surface area contributed by atoms with Crippen molar-refractivity contribution in [2.75, 3.05) is 12.4 Å². The van der Waals surface area contributed by atoms with Crippen LogP contribution in [0.25, 0.3) is 6.08 Å². The topological polar surface area (TPSA) is 63.6 Å². The Morgan fingerprint density at radius 3 is 2.92 bits per heavy atom. The maximum absolute atomic E-state index is 12.1. The number of sulfone groups is 1. The lowest BCUT2D eigenvalue weighted by atomic mass is 9.98. The van der Waals surface area contributed by atoms with Crippen LogP contribution in [0.2, 0.25) is 5.02 Å². The highest BCUT2D eigenvalue weighted by Crippen LogP contribution is 2.38. The maximum atomic E-state index is 12.1. The minimum atomic E-state index is -3.06. The molecule has 2 heterocycles. The molecule has 24 heavy (non-hydrogen) atoms. The van der Waals surface area contributed by atoms with E-state index in [-0.39, 0.29) is 24.2 Å². The van der Waals surface area contributed by atoms with Crippen LogP contribution in [0.5, 0.6) is 5.75 Å². The van der Waals surface area contributed by atoms with Crippen molar-refractivity contribution in [1.29, 1.82) is 0 Å². The van der Waals surface area contributed by atoms with Gasteiger partial charge in [-0.15, -0.1) is 0 Å². The fourth-order valence-corrected chi connectivity index (χ4v) is 5.72. The number of halogens is 1. The van der Waals surface area contributed by atoms with E-state index in [1.807, 2.05) is 19.9 Å². The van der Waals surface area contributed by atoms with Crippen LogP contribution >= 0.6 is 11.6 Å². The van der Waals surface area contributed by atoms with Crippen LogP contribution in [-0.2, 0) is 14.6 Å². The van der Waals surface area contributed by atoms with E-state index in [1.165, 1.54) is 6.07 Å². The highest BCUT2D eigenvalue weighted by Gasteiger charge is 2.45. The van der Waals surface area contributed by atoms with Crippen LogP contribution in [-0.4, -0.2) is 37.2 Å². The first-order valence-electron chi connectivity index (χ1n) is 7.96. The van der Waals surface area contributed by atoms with E-state index in [1.54, 1.807) is 12.1 Å². The molecule has 0 spiro atoms. The summed E-state index contributed by atoms with van der Waals surface area (Å²) in [6.45, 7) is 4.20. The summed E-state index contributed by atoms with van der Waals surface area (Å²) in [6.07, 6.45) is 3.44. The first kappa shape index (κ1) is 17.5. The molecule has 6 heteroatoms. The number of benzene rings is 1. The van der Waals surface area contributed by atoms with Gasteiger partial charge in [-0.25, -0.2) is 8.42 Å². The summed E-state index contributed by atoms with van der Waals surface area (Å²) in [5.74, 6) is 0.315. The van der Waals surface area contributed by atoms with Gasteiger partial charge in [-0.3, -0.25) is 0 Å². The average molecular weight is 369 g/mol. The molecule has 0 amide bonds. The summed E-state index contributed by atoms with van der Waals surface area (Å²) in [5, 5.41) is 9.47. The van der Waals surface area contributed by atoms with Gasteiger partial charge in [0.25, 0.3) is 0 Å². The first-order chi connectivity index (χ1) is 11.3. The molecule has 0 aromatic heterocycles. The quantitative estimate of drug-likeness (QED) is 0.822. The van der Waals surface area contributed by atoms with E-state index in [4.69, 9.17) is 16.3 Å². The Morgan fingerprint density at radius 2 is 2.21 bits per heavy atom. The standard InChI is InChI=1S/C18H21ClO4S/c1-11(7-13-4-5-14(20)8-15(13)19)3-6-16-18-12(2)10-24(21,22)17(18)9-23-16/h4-5,7-8,16-17,20H,3,6,9-10H2,1-2H3/b11-7+/t16-,17+/m1/s1. The molecule has 1 N–H and O–H groups in total. The van der Waals surface area contributed by atoms with E-state index < -0.39 is 15.1 Å². The van der Waals surface area contributed by atoms with Gasteiger partial charge in [0.15, 0.2) is 9.84 Å². The Hall–Kier alpha value is -1.30. The van der Waals surface area contributed by atoms with Crippen LogP contribution in [0.4, 0.5) is 0 Å². The summed E-state index contributed by atoms with van der Waals surface area (Å²) in [7, 11) is -3.06. The van der Waals surface area contributed by atoms with Gasteiger partial charge in [-0.1, -0.05) is 28.8 Å². The number of rotatable bonds is 4. The van der Waals surface area contributed by atoms with Gasteiger partial charge >= 0.3 is 0 Å². The van der Waals surface area contributed by atoms with Crippen molar-refractivity contribution in [1.82, 2.24) is 0 Å². The van der Waals surface area contributed by atoms with Crippen LogP contribution in [0.3, 0.4) is 0 Å². The lowest BCUT2D eigenvalue weighted by Crippen LogP contribution is -2.19. The number of ether oxygens (including phenoxy) is 1. The summed E-state index contributed by atoms with van der Waals surface area (Å²) < 4.78 is 29.9. The zero-order valence-corrected chi connectivity index (χ0v) is 15.3. The van der Waals surface area contributed by atoms with Crippen molar-refractivity contribution in [2.45, 2.75) is 38.0 Å². The Kier molecular flexibility index (Phi) is 4.78. The third kappa shape index (κ3) is 3.39. The number of hydrogen-bond acceptors (Lipinski definition) is 4. The maximum Gasteiger partial charge on any atom is 0.163 e. The summed E-state index contributed by atoms with van der Waals surface area (Å²) in [6, 6.07) is 4.90. The second-order valence-corrected chi connectivity index (χ2v) is 9.18. The number of allylic oxidation sites excluding steroid dienone is 1. The van der Waals surface area contributed by atoms with Crippen molar-refractivity contribution in [3.63, 3.8) is 0 Å². The summed E-state index contributed by atoms with van der Waals surface area (Å²) in [4.78, 5) is 0.